The van der Waals surface area contributed by atoms with Crippen molar-refractivity contribution >= 4 is 10.2 Å². The predicted octanol–water partition coefficient (Wildman–Crippen LogP) is 4.58. The molecule has 0 bridgehead atoms. The van der Waals surface area contributed by atoms with Crippen LogP contribution in [0.5, 0.6) is 0 Å². The van der Waals surface area contributed by atoms with Gasteiger partial charge in [-0.1, -0.05) is 105 Å². The molecule has 0 radical (unpaired) electrons. The van der Waals surface area contributed by atoms with Gasteiger partial charge in [-0.25, -0.2) is 0 Å². The second kappa shape index (κ2) is 6.17. The van der Waals surface area contributed by atoms with Crippen molar-refractivity contribution in [2.45, 2.75) is 24.3 Å². The van der Waals surface area contributed by atoms with Crippen molar-refractivity contribution in [2.75, 3.05) is 0 Å². The molecule has 0 aliphatic carbocycles. The van der Waals surface area contributed by atoms with Gasteiger partial charge in [0.2, 0.25) is 0 Å². The summed E-state index contributed by atoms with van der Waals surface area (Å²) in [5.41, 5.74) is 4.00. The van der Waals surface area contributed by atoms with Crippen LogP contribution in [0, 0.1) is 0 Å². The van der Waals surface area contributed by atoms with Crippen LogP contribution in [0.15, 0.2) is 91.0 Å². The lowest BCUT2D eigenvalue weighted by Crippen LogP contribution is -2.40. The van der Waals surface area contributed by atoms with Gasteiger partial charge in [0.1, 0.15) is 0 Å². The number of hydrogen-bond donors (Lipinski definition) is 0. The first-order chi connectivity index (χ1) is 11.1. The van der Waals surface area contributed by atoms with Gasteiger partial charge >= 0.3 is 0 Å². The fourth-order valence-electron chi connectivity index (χ4n) is 3.86. The van der Waals surface area contributed by atoms with Crippen LogP contribution in [0.2, 0.25) is 5.04 Å². The lowest BCUT2D eigenvalue weighted by molar-refractivity contribution is 0.460. The fraction of sp³-hybridized carbons (Fsp3) is 0.182. The minimum Gasteiger partial charge on any atom is -0.0622 e. The second-order valence-electron chi connectivity index (χ2n) is 7.10. The maximum absolute atomic E-state index is 2.40. The first-order valence-electron chi connectivity index (χ1n) is 8.23. The van der Waals surface area contributed by atoms with Gasteiger partial charge in [0, 0.05) is 15.7 Å². The van der Waals surface area contributed by atoms with E-state index in [0.717, 1.165) is 10.2 Å². The summed E-state index contributed by atoms with van der Waals surface area (Å²) in [4.78, 5) is 0. The Kier molecular flexibility index (Phi) is 4.23. The third-order valence-electron chi connectivity index (χ3n) is 4.75. The van der Waals surface area contributed by atoms with Crippen molar-refractivity contribution in [3.63, 3.8) is 0 Å². The Bertz CT molecular complexity index is 644. The van der Waals surface area contributed by atoms with Gasteiger partial charge in [-0.15, -0.1) is 0 Å². The summed E-state index contributed by atoms with van der Waals surface area (Å²) < 4.78 is 0. The van der Waals surface area contributed by atoms with E-state index >= 15 is 0 Å². The topological polar surface area (TPSA) is 0 Å². The average molecular weight is 317 g/mol. The molecule has 3 rings (SSSR count). The zero-order valence-corrected chi connectivity index (χ0v) is 16.2. The van der Waals surface area contributed by atoms with Crippen LogP contribution in [-0.2, 0) is 5.41 Å². The van der Waals surface area contributed by atoms with E-state index in [1.54, 1.807) is 0 Å². The number of rotatable bonds is 4. The van der Waals surface area contributed by atoms with Gasteiger partial charge in [-0.3, -0.25) is 0 Å². The number of hydrogen-bond acceptors (Lipinski definition) is 0. The molecule has 0 aliphatic rings. The van der Waals surface area contributed by atoms with Crippen LogP contribution in [0.1, 0.15) is 30.5 Å². The van der Waals surface area contributed by atoms with E-state index in [1.807, 2.05) is 0 Å². The van der Waals surface area contributed by atoms with Gasteiger partial charge in [0.25, 0.3) is 0 Å². The van der Waals surface area contributed by atoms with Crippen LogP contribution >= 0.6 is 0 Å². The van der Waals surface area contributed by atoms with E-state index < -0.39 is 0 Å². The highest BCUT2D eigenvalue weighted by atomic mass is 28.1. The minimum absolute atomic E-state index is 0.122. The smallest absolute Gasteiger partial charge is 0.0469 e. The van der Waals surface area contributed by atoms with Gasteiger partial charge in [0.05, 0.1) is 0 Å². The van der Waals surface area contributed by atoms with Crippen LogP contribution in [0.3, 0.4) is 0 Å². The molecule has 0 aromatic heterocycles. The van der Waals surface area contributed by atoms with E-state index in [0.29, 0.717) is 0 Å². The molecular formula is C22H24Si. The first-order valence-corrected chi connectivity index (χ1v) is 9.23. The van der Waals surface area contributed by atoms with Crippen molar-refractivity contribution in [2.24, 2.45) is 0 Å². The van der Waals surface area contributed by atoms with Crippen LogP contribution in [0.25, 0.3) is 0 Å². The van der Waals surface area contributed by atoms with Gasteiger partial charge in [-0.2, -0.15) is 0 Å². The zero-order chi connectivity index (χ0) is 16.3. The molecule has 3 aromatic carbocycles. The summed E-state index contributed by atoms with van der Waals surface area (Å²) in [7, 11) is 1.09. The van der Waals surface area contributed by atoms with Gasteiger partial charge in [0.15, 0.2) is 0 Å². The third-order valence-corrected chi connectivity index (χ3v) is 5.50. The molecule has 0 unspecified atom stereocenters. The molecule has 3 aromatic rings. The summed E-state index contributed by atoms with van der Waals surface area (Å²) >= 11 is 0. The monoisotopic (exact) mass is 316 g/mol. The van der Waals surface area contributed by atoms with E-state index in [9.17, 15) is 0 Å². The van der Waals surface area contributed by atoms with E-state index in [-0.39, 0.29) is 10.5 Å². The van der Waals surface area contributed by atoms with Gasteiger partial charge in [-0.05, 0) is 21.7 Å². The van der Waals surface area contributed by atoms with E-state index in [1.165, 1.54) is 16.7 Å². The molecule has 0 N–H and O–H groups in total. The molecule has 0 aliphatic heterocycles. The van der Waals surface area contributed by atoms with Crippen molar-refractivity contribution in [3.8, 4) is 0 Å². The molecule has 23 heavy (non-hydrogen) atoms. The van der Waals surface area contributed by atoms with Crippen LogP contribution < -0.4 is 0 Å². The normalized spacial score (nSPS) is 12.3. The molecule has 0 amide bonds. The Morgan fingerprint density at radius 3 is 1.00 bits per heavy atom. The fourth-order valence-corrected chi connectivity index (χ4v) is 4.73. The summed E-state index contributed by atoms with van der Waals surface area (Å²) in [6.07, 6.45) is 0. The molecule has 116 valence electrons. The van der Waals surface area contributed by atoms with Crippen molar-refractivity contribution in [1.29, 1.82) is 0 Å². The Balaban J connectivity index is 2.41. The first kappa shape index (κ1) is 15.8. The summed E-state index contributed by atoms with van der Waals surface area (Å²) in [6.45, 7) is 4.79. The lowest BCUT2D eigenvalue weighted by atomic mass is 9.62. The van der Waals surface area contributed by atoms with E-state index in [2.05, 4.69) is 105 Å². The van der Waals surface area contributed by atoms with Crippen LogP contribution in [-0.4, -0.2) is 10.2 Å². The Hall–Kier alpha value is -2.12. The number of benzene rings is 3. The summed E-state index contributed by atoms with van der Waals surface area (Å²) in [5, 5.41) is 0.164. The molecule has 0 saturated carbocycles. The summed E-state index contributed by atoms with van der Waals surface area (Å²) in [6, 6.07) is 32.9. The van der Waals surface area contributed by atoms with E-state index in [4.69, 9.17) is 0 Å². The average Bonchev–Trinajstić information content (AvgIpc) is 2.57. The molecule has 1 heteroatoms. The molecule has 0 spiro atoms. The van der Waals surface area contributed by atoms with Crippen molar-refractivity contribution in [1.82, 2.24) is 0 Å². The quantitative estimate of drug-likeness (QED) is 0.488. The maximum atomic E-state index is 2.40. The second-order valence-corrected chi connectivity index (χ2v) is 9.60. The predicted molar refractivity (Wildman–Crippen MR) is 103 cm³/mol. The Morgan fingerprint density at radius 1 is 0.522 bits per heavy atom. The Labute approximate surface area is 142 Å². The zero-order valence-electron chi connectivity index (χ0n) is 14.2. The third kappa shape index (κ3) is 2.66. The lowest BCUT2D eigenvalue weighted by Gasteiger charge is -2.47. The SMILES string of the molecule is CC(C)([SiH3])C(c1ccccc1)(c1ccccc1)c1ccccc1. The highest BCUT2D eigenvalue weighted by Gasteiger charge is 2.45. The van der Waals surface area contributed by atoms with Crippen LogP contribution in [0.4, 0.5) is 0 Å². The molecular weight excluding hydrogens is 292 g/mol. The highest BCUT2D eigenvalue weighted by Crippen LogP contribution is 2.54. The summed E-state index contributed by atoms with van der Waals surface area (Å²) in [5.74, 6) is 0. The molecule has 0 fully saturated rings. The van der Waals surface area contributed by atoms with Crippen molar-refractivity contribution < 1.29 is 0 Å². The molecule has 0 heterocycles. The molecule has 0 nitrogen and oxygen atoms in total. The van der Waals surface area contributed by atoms with Gasteiger partial charge < -0.3 is 0 Å². The standard InChI is InChI=1S/C22H24Si/c1-21(2,23)22(18-12-6-3-7-13-18,19-14-8-4-9-15-19)20-16-10-5-11-17-20/h3-17H,1-2,23H3. The molecule has 0 atom stereocenters. The molecule has 0 saturated heterocycles. The maximum Gasteiger partial charge on any atom is 0.0469 e. The van der Waals surface area contributed by atoms with Crippen molar-refractivity contribution in [3.05, 3.63) is 108 Å². The minimum atomic E-state index is -0.122. The largest absolute Gasteiger partial charge is 0.0622 e. The Morgan fingerprint density at radius 2 is 0.783 bits per heavy atom. The highest BCUT2D eigenvalue weighted by molar-refractivity contribution is 6.16.